The standard InChI is InChI=1S/C17H19NO4S/c1-12-3-4-13(2)16(11-12)23(19,20)18-15-7-5-14(6-8-15)17-21-9-10-22-17/h3-8,11,17-18H,9-10H2,1-2H3. The van der Waals surface area contributed by atoms with Gasteiger partial charge in [-0.15, -0.1) is 0 Å². The fraction of sp³-hybridized carbons (Fsp3) is 0.294. The third-order valence-electron chi connectivity index (χ3n) is 3.69. The first-order valence-electron chi connectivity index (χ1n) is 7.39. The number of anilines is 1. The largest absolute Gasteiger partial charge is 0.346 e. The molecule has 23 heavy (non-hydrogen) atoms. The van der Waals surface area contributed by atoms with E-state index in [4.69, 9.17) is 9.47 Å². The molecule has 0 amide bonds. The fourth-order valence-corrected chi connectivity index (χ4v) is 3.86. The number of benzene rings is 2. The fourth-order valence-electron chi connectivity index (χ4n) is 2.47. The molecule has 0 bridgehead atoms. The summed E-state index contributed by atoms with van der Waals surface area (Å²) in [4.78, 5) is 0.295. The number of nitrogens with one attached hydrogen (secondary N) is 1. The molecule has 0 unspecified atom stereocenters. The molecule has 0 radical (unpaired) electrons. The zero-order valence-electron chi connectivity index (χ0n) is 13.1. The molecule has 1 aliphatic heterocycles. The van der Waals surface area contributed by atoms with Gasteiger partial charge in [0.15, 0.2) is 6.29 Å². The van der Waals surface area contributed by atoms with Crippen LogP contribution in [0.25, 0.3) is 0 Å². The summed E-state index contributed by atoms with van der Waals surface area (Å²) in [5.74, 6) is 0. The van der Waals surface area contributed by atoms with Gasteiger partial charge in [0.1, 0.15) is 0 Å². The van der Waals surface area contributed by atoms with Gasteiger partial charge in [-0.2, -0.15) is 0 Å². The van der Waals surface area contributed by atoms with E-state index in [1.165, 1.54) is 0 Å². The molecule has 1 saturated heterocycles. The number of ether oxygens (including phenoxy) is 2. The molecule has 0 aliphatic carbocycles. The SMILES string of the molecule is Cc1ccc(C)c(S(=O)(=O)Nc2ccc(C3OCCO3)cc2)c1. The monoisotopic (exact) mass is 333 g/mol. The maximum absolute atomic E-state index is 12.6. The normalized spacial score (nSPS) is 15.7. The minimum atomic E-state index is -3.61. The molecule has 1 fully saturated rings. The lowest BCUT2D eigenvalue weighted by molar-refractivity contribution is -0.0441. The molecule has 3 rings (SSSR count). The van der Waals surface area contributed by atoms with Gasteiger partial charge in [-0.25, -0.2) is 8.42 Å². The lowest BCUT2D eigenvalue weighted by atomic mass is 10.2. The third-order valence-corrected chi connectivity index (χ3v) is 5.21. The van der Waals surface area contributed by atoms with Crippen molar-refractivity contribution in [2.45, 2.75) is 25.0 Å². The van der Waals surface area contributed by atoms with Crippen molar-refractivity contribution in [3.05, 3.63) is 59.2 Å². The van der Waals surface area contributed by atoms with Gasteiger partial charge in [0.25, 0.3) is 10.0 Å². The first-order chi connectivity index (χ1) is 11.0. The molecule has 6 heteroatoms. The Labute approximate surface area is 136 Å². The average Bonchev–Trinajstić information content (AvgIpc) is 3.04. The van der Waals surface area contributed by atoms with Crippen molar-refractivity contribution >= 4 is 15.7 Å². The van der Waals surface area contributed by atoms with Crippen LogP contribution in [0.5, 0.6) is 0 Å². The van der Waals surface area contributed by atoms with Crippen molar-refractivity contribution in [3.8, 4) is 0 Å². The molecule has 122 valence electrons. The highest BCUT2D eigenvalue weighted by atomic mass is 32.2. The highest BCUT2D eigenvalue weighted by Crippen LogP contribution is 2.26. The molecule has 0 spiro atoms. The van der Waals surface area contributed by atoms with E-state index in [9.17, 15) is 8.42 Å². The molecular weight excluding hydrogens is 314 g/mol. The zero-order valence-corrected chi connectivity index (χ0v) is 13.9. The number of hydrogen-bond acceptors (Lipinski definition) is 4. The second-order valence-electron chi connectivity index (χ2n) is 5.57. The van der Waals surface area contributed by atoms with Crippen molar-refractivity contribution in [2.75, 3.05) is 17.9 Å². The van der Waals surface area contributed by atoms with Crippen LogP contribution >= 0.6 is 0 Å². The smallest absolute Gasteiger partial charge is 0.262 e. The maximum Gasteiger partial charge on any atom is 0.262 e. The van der Waals surface area contributed by atoms with E-state index in [1.54, 1.807) is 37.3 Å². The summed E-state index contributed by atoms with van der Waals surface area (Å²) < 4.78 is 38.6. The Morgan fingerprint density at radius 1 is 1.00 bits per heavy atom. The van der Waals surface area contributed by atoms with E-state index in [-0.39, 0.29) is 6.29 Å². The summed E-state index contributed by atoms with van der Waals surface area (Å²) in [6.07, 6.45) is -0.361. The Balaban J connectivity index is 1.81. The van der Waals surface area contributed by atoms with E-state index in [1.807, 2.05) is 19.1 Å². The van der Waals surface area contributed by atoms with E-state index < -0.39 is 10.0 Å². The van der Waals surface area contributed by atoms with Gasteiger partial charge < -0.3 is 9.47 Å². The van der Waals surface area contributed by atoms with Gasteiger partial charge in [-0.3, -0.25) is 4.72 Å². The van der Waals surface area contributed by atoms with Crippen molar-refractivity contribution in [2.24, 2.45) is 0 Å². The first kappa shape index (κ1) is 16.0. The van der Waals surface area contributed by atoms with Gasteiger partial charge in [0.05, 0.1) is 18.1 Å². The number of sulfonamides is 1. The lowest BCUT2D eigenvalue weighted by Gasteiger charge is -2.13. The maximum atomic E-state index is 12.6. The van der Waals surface area contributed by atoms with Crippen LogP contribution in [0.3, 0.4) is 0 Å². The van der Waals surface area contributed by atoms with Crippen molar-refractivity contribution < 1.29 is 17.9 Å². The zero-order chi connectivity index (χ0) is 16.4. The summed E-state index contributed by atoms with van der Waals surface area (Å²) >= 11 is 0. The van der Waals surface area contributed by atoms with Gasteiger partial charge in [-0.05, 0) is 43.2 Å². The molecule has 1 heterocycles. The summed E-state index contributed by atoms with van der Waals surface area (Å²) in [6.45, 7) is 4.80. The van der Waals surface area contributed by atoms with Gasteiger partial charge in [-0.1, -0.05) is 24.3 Å². The first-order valence-corrected chi connectivity index (χ1v) is 8.87. The van der Waals surface area contributed by atoms with Crippen LogP contribution in [-0.4, -0.2) is 21.6 Å². The Morgan fingerprint density at radius 3 is 2.30 bits per heavy atom. The Morgan fingerprint density at radius 2 is 1.65 bits per heavy atom. The molecule has 2 aromatic carbocycles. The minimum absolute atomic E-state index is 0.295. The minimum Gasteiger partial charge on any atom is -0.346 e. The van der Waals surface area contributed by atoms with Crippen LogP contribution < -0.4 is 4.72 Å². The summed E-state index contributed by atoms with van der Waals surface area (Å²) in [7, 11) is -3.61. The third kappa shape index (κ3) is 3.55. The summed E-state index contributed by atoms with van der Waals surface area (Å²) in [5.41, 5.74) is 3.00. The van der Waals surface area contributed by atoms with Crippen LogP contribution in [0.2, 0.25) is 0 Å². The predicted molar refractivity (Wildman–Crippen MR) is 87.8 cm³/mol. The van der Waals surface area contributed by atoms with Crippen LogP contribution in [0, 0.1) is 13.8 Å². The highest BCUT2D eigenvalue weighted by Gasteiger charge is 2.19. The molecular formula is C17H19NO4S. The van der Waals surface area contributed by atoms with Crippen LogP contribution in [-0.2, 0) is 19.5 Å². The molecule has 1 N–H and O–H groups in total. The molecule has 1 aliphatic rings. The van der Waals surface area contributed by atoms with E-state index in [0.717, 1.165) is 11.1 Å². The number of aryl methyl sites for hydroxylation is 2. The van der Waals surface area contributed by atoms with E-state index in [2.05, 4.69) is 4.72 Å². The lowest BCUT2D eigenvalue weighted by Crippen LogP contribution is -2.14. The number of rotatable bonds is 4. The van der Waals surface area contributed by atoms with E-state index in [0.29, 0.717) is 29.4 Å². The van der Waals surface area contributed by atoms with Crippen molar-refractivity contribution in [1.82, 2.24) is 0 Å². The molecule has 0 atom stereocenters. The van der Waals surface area contributed by atoms with Gasteiger partial charge in [0.2, 0.25) is 0 Å². The average molecular weight is 333 g/mol. The Bertz CT molecular complexity index is 794. The Hall–Kier alpha value is -1.89. The number of hydrogen-bond donors (Lipinski definition) is 1. The van der Waals surface area contributed by atoms with Gasteiger partial charge >= 0.3 is 0 Å². The van der Waals surface area contributed by atoms with Crippen LogP contribution in [0.1, 0.15) is 23.0 Å². The highest BCUT2D eigenvalue weighted by molar-refractivity contribution is 7.92. The Kier molecular flexibility index (Phi) is 4.39. The molecule has 0 aromatic heterocycles. The van der Waals surface area contributed by atoms with E-state index >= 15 is 0 Å². The molecule has 5 nitrogen and oxygen atoms in total. The molecule has 2 aromatic rings. The second-order valence-corrected chi connectivity index (χ2v) is 7.22. The topological polar surface area (TPSA) is 64.6 Å². The van der Waals surface area contributed by atoms with Crippen LogP contribution in [0.15, 0.2) is 47.4 Å². The van der Waals surface area contributed by atoms with Gasteiger partial charge in [0, 0.05) is 11.3 Å². The second kappa shape index (κ2) is 6.31. The van der Waals surface area contributed by atoms with Crippen molar-refractivity contribution in [3.63, 3.8) is 0 Å². The summed E-state index contributed by atoms with van der Waals surface area (Å²) in [5, 5.41) is 0. The predicted octanol–water partition coefficient (Wildman–Crippen LogP) is 3.15. The quantitative estimate of drug-likeness (QED) is 0.933. The van der Waals surface area contributed by atoms with Crippen molar-refractivity contribution in [1.29, 1.82) is 0 Å². The molecule has 0 saturated carbocycles. The summed E-state index contributed by atoms with van der Waals surface area (Å²) in [6, 6.07) is 12.4. The van der Waals surface area contributed by atoms with Crippen LogP contribution in [0.4, 0.5) is 5.69 Å².